The second kappa shape index (κ2) is 5.99. The van der Waals surface area contributed by atoms with Gasteiger partial charge in [0.1, 0.15) is 6.61 Å². The Labute approximate surface area is 120 Å². The summed E-state index contributed by atoms with van der Waals surface area (Å²) in [5.41, 5.74) is 0.822. The van der Waals surface area contributed by atoms with Crippen LogP contribution in [0.5, 0.6) is 0 Å². The number of halogens is 3. The number of rotatable bonds is 3. The monoisotopic (exact) mass is 294 g/mol. The van der Waals surface area contributed by atoms with Gasteiger partial charge < -0.3 is 4.74 Å². The molecule has 0 spiro atoms. The molecule has 2 aromatic carbocycles. The zero-order valence-corrected chi connectivity index (χ0v) is 11.3. The highest BCUT2D eigenvalue weighted by atomic mass is 19.4. The lowest BCUT2D eigenvalue weighted by atomic mass is 10.1. The predicted octanol–water partition coefficient (Wildman–Crippen LogP) is 4.37. The van der Waals surface area contributed by atoms with Crippen LogP contribution < -0.4 is 0 Å². The molecule has 0 aromatic heterocycles. The van der Waals surface area contributed by atoms with Gasteiger partial charge in [0.25, 0.3) is 0 Å². The van der Waals surface area contributed by atoms with Crippen LogP contribution in [0.1, 0.15) is 27.0 Å². The van der Waals surface area contributed by atoms with E-state index in [0.29, 0.717) is 11.1 Å². The molecule has 0 N–H and O–H groups in total. The van der Waals surface area contributed by atoms with Gasteiger partial charge >= 0.3 is 12.1 Å². The smallest absolute Gasteiger partial charge is 0.416 e. The number of carbonyl (C=O) groups is 1. The third kappa shape index (κ3) is 4.08. The van der Waals surface area contributed by atoms with E-state index in [1.165, 1.54) is 12.1 Å². The maximum Gasteiger partial charge on any atom is 0.416 e. The van der Waals surface area contributed by atoms with Gasteiger partial charge in [0.15, 0.2) is 0 Å². The summed E-state index contributed by atoms with van der Waals surface area (Å²) in [5.74, 6) is -0.559. The molecule has 0 aliphatic heterocycles. The van der Waals surface area contributed by atoms with E-state index in [1.54, 1.807) is 18.2 Å². The molecule has 2 aromatic rings. The van der Waals surface area contributed by atoms with Crippen molar-refractivity contribution in [1.82, 2.24) is 0 Å². The number of esters is 1. The first-order chi connectivity index (χ1) is 9.86. The predicted molar refractivity (Wildman–Crippen MR) is 71.7 cm³/mol. The molecule has 0 radical (unpaired) electrons. The van der Waals surface area contributed by atoms with Crippen molar-refractivity contribution in [2.24, 2.45) is 0 Å². The second-order valence-electron chi connectivity index (χ2n) is 4.64. The molecule has 0 unspecified atom stereocenters. The third-order valence-corrected chi connectivity index (χ3v) is 2.88. The number of carbonyl (C=O) groups excluding carboxylic acids is 1. The summed E-state index contributed by atoms with van der Waals surface area (Å²) >= 11 is 0. The minimum Gasteiger partial charge on any atom is -0.457 e. The highest BCUT2D eigenvalue weighted by Crippen LogP contribution is 2.29. The highest BCUT2D eigenvalue weighted by Gasteiger charge is 2.30. The number of alkyl halides is 3. The minimum atomic E-state index is -4.41. The minimum absolute atomic E-state index is 0.198. The summed E-state index contributed by atoms with van der Waals surface area (Å²) < 4.78 is 42.7. The Balaban J connectivity index is 2.05. The standard InChI is InChI=1S/C16H13F3O2/c1-11-4-2-6-13(8-11)15(20)21-10-12-5-3-7-14(9-12)16(17,18)19/h2-9H,10H2,1H3. The van der Waals surface area contributed by atoms with E-state index in [1.807, 2.05) is 13.0 Å². The first-order valence-electron chi connectivity index (χ1n) is 6.26. The lowest BCUT2D eigenvalue weighted by Gasteiger charge is -2.09. The second-order valence-corrected chi connectivity index (χ2v) is 4.64. The van der Waals surface area contributed by atoms with E-state index < -0.39 is 17.7 Å². The quantitative estimate of drug-likeness (QED) is 0.786. The summed E-state index contributed by atoms with van der Waals surface area (Å²) in [5, 5.41) is 0. The molecule has 0 amide bonds. The molecule has 2 rings (SSSR count). The maximum atomic E-state index is 12.6. The fraction of sp³-hybridized carbons (Fsp3) is 0.188. The SMILES string of the molecule is Cc1cccc(C(=O)OCc2cccc(C(F)(F)F)c2)c1. The first kappa shape index (κ1) is 15.1. The molecule has 0 fully saturated rings. The van der Waals surface area contributed by atoms with Crippen LogP contribution in [-0.2, 0) is 17.5 Å². The van der Waals surface area contributed by atoms with Crippen molar-refractivity contribution in [3.63, 3.8) is 0 Å². The van der Waals surface area contributed by atoms with Crippen molar-refractivity contribution in [1.29, 1.82) is 0 Å². The normalized spacial score (nSPS) is 11.2. The van der Waals surface area contributed by atoms with Crippen LogP contribution in [0, 0.1) is 6.92 Å². The third-order valence-electron chi connectivity index (χ3n) is 2.88. The molecule has 110 valence electrons. The fourth-order valence-corrected chi connectivity index (χ4v) is 1.84. The molecular weight excluding hydrogens is 281 g/mol. The summed E-state index contributed by atoms with van der Waals surface area (Å²) in [6.07, 6.45) is -4.41. The van der Waals surface area contributed by atoms with E-state index in [2.05, 4.69) is 0 Å². The van der Waals surface area contributed by atoms with Gasteiger partial charge in [0.2, 0.25) is 0 Å². The molecule has 5 heteroatoms. The van der Waals surface area contributed by atoms with Crippen molar-refractivity contribution < 1.29 is 22.7 Å². The molecular formula is C16H13F3O2. The maximum absolute atomic E-state index is 12.6. The lowest BCUT2D eigenvalue weighted by molar-refractivity contribution is -0.137. The Morgan fingerprint density at radius 2 is 1.81 bits per heavy atom. The Morgan fingerprint density at radius 1 is 1.10 bits per heavy atom. The molecule has 0 saturated carbocycles. The van der Waals surface area contributed by atoms with E-state index in [-0.39, 0.29) is 6.61 Å². The van der Waals surface area contributed by atoms with Gasteiger partial charge in [-0.1, -0.05) is 29.8 Å². The van der Waals surface area contributed by atoms with Crippen LogP contribution in [0.3, 0.4) is 0 Å². The number of aryl methyl sites for hydroxylation is 1. The van der Waals surface area contributed by atoms with Gasteiger partial charge in [-0.15, -0.1) is 0 Å². The van der Waals surface area contributed by atoms with Crippen molar-refractivity contribution in [3.8, 4) is 0 Å². The van der Waals surface area contributed by atoms with E-state index in [4.69, 9.17) is 4.74 Å². The van der Waals surface area contributed by atoms with Gasteiger partial charge in [-0.2, -0.15) is 13.2 Å². The summed E-state index contributed by atoms with van der Waals surface area (Å²) in [4.78, 5) is 11.8. The van der Waals surface area contributed by atoms with Crippen molar-refractivity contribution >= 4 is 5.97 Å². The molecule has 0 aliphatic carbocycles. The van der Waals surface area contributed by atoms with E-state index in [9.17, 15) is 18.0 Å². The molecule has 21 heavy (non-hydrogen) atoms. The van der Waals surface area contributed by atoms with Crippen molar-refractivity contribution in [3.05, 3.63) is 70.8 Å². The summed E-state index contributed by atoms with van der Waals surface area (Å²) in [6.45, 7) is 1.64. The largest absolute Gasteiger partial charge is 0.457 e. The van der Waals surface area contributed by atoms with Crippen LogP contribution in [0.4, 0.5) is 13.2 Å². The number of hydrogen-bond donors (Lipinski definition) is 0. The summed E-state index contributed by atoms with van der Waals surface area (Å²) in [7, 11) is 0. The van der Waals surface area contributed by atoms with Crippen molar-refractivity contribution in [2.45, 2.75) is 19.7 Å². The van der Waals surface area contributed by atoms with Gasteiger partial charge in [-0.3, -0.25) is 0 Å². The highest BCUT2D eigenvalue weighted by molar-refractivity contribution is 5.89. The Bertz CT molecular complexity index is 648. The number of ether oxygens (including phenoxy) is 1. The Kier molecular flexibility index (Phi) is 4.31. The zero-order valence-electron chi connectivity index (χ0n) is 11.3. The van der Waals surface area contributed by atoms with Crippen LogP contribution in [0.15, 0.2) is 48.5 Å². The molecule has 0 bridgehead atoms. The Morgan fingerprint density at radius 3 is 2.48 bits per heavy atom. The summed E-state index contributed by atoms with van der Waals surface area (Å²) in [6, 6.07) is 11.5. The van der Waals surface area contributed by atoms with Crippen LogP contribution in [0.2, 0.25) is 0 Å². The van der Waals surface area contributed by atoms with Gasteiger partial charge in [0, 0.05) is 0 Å². The van der Waals surface area contributed by atoms with E-state index in [0.717, 1.165) is 17.7 Å². The number of benzene rings is 2. The van der Waals surface area contributed by atoms with Crippen LogP contribution in [0.25, 0.3) is 0 Å². The topological polar surface area (TPSA) is 26.3 Å². The molecule has 0 heterocycles. The van der Waals surface area contributed by atoms with E-state index >= 15 is 0 Å². The first-order valence-corrected chi connectivity index (χ1v) is 6.26. The molecule has 0 atom stereocenters. The fourth-order valence-electron chi connectivity index (χ4n) is 1.84. The Hall–Kier alpha value is -2.30. The molecule has 2 nitrogen and oxygen atoms in total. The average Bonchev–Trinajstić information content (AvgIpc) is 2.44. The van der Waals surface area contributed by atoms with Gasteiger partial charge in [-0.05, 0) is 36.8 Å². The average molecular weight is 294 g/mol. The number of hydrogen-bond acceptors (Lipinski definition) is 2. The van der Waals surface area contributed by atoms with Crippen molar-refractivity contribution in [2.75, 3.05) is 0 Å². The lowest BCUT2D eigenvalue weighted by Crippen LogP contribution is -2.08. The van der Waals surface area contributed by atoms with Gasteiger partial charge in [-0.25, -0.2) is 4.79 Å². The van der Waals surface area contributed by atoms with Crippen LogP contribution in [-0.4, -0.2) is 5.97 Å². The van der Waals surface area contributed by atoms with Gasteiger partial charge in [0.05, 0.1) is 11.1 Å². The van der Waals surface area contributed by atoms with Crippen LogP contribution >= 0.6 is 0 Å². The molecule has 0 aliphatic rings. The molecule has 0 saturated heterocycles. The zero-order chi connectivity index (χ0) is 15.5.